The largest absolute Gasteiger partial charge is 3.00 e. The van der Waals surface area contributed by atoms with Crippen LogP contribution in [0.15, 0.2) is 22.8 Å². The maximum atomic E-state index is 5.74. The second-order valence-corrected chi connectivity index (χ2v) is 12.7. The summed E-state index contributed by atoms with van der Waals surface area (Å²) in [7, 11) is -0.884. The predicted molar refractivity (Wildman–Crippen MR) is 116 cm³/mol. The molecule has 1 fully saturated rings. The fourth-order valence-electron chi connectivity index (χ4n) is 4.94. The average Bonchev–Trinajstić information content (AvgIpc) is 2.73. The summed E-state index contributed by atoms with van der Waals surface area (Å²) < 4.78 is 0. The summed E-state index contributed by atoms with van der Waals surface area (Å²) in [5.41, 5.74) is 4.35. The second-order valence-electron chi connectivity index (χ2n) is 9.28. The fourth-order valence-corrected chi connectivity index (χ4v) is 7.02. The van der Waals surface area contributed by atoms with E-state index in [1.165, 1.54) is 87.3 Å². The molecule has 1 atom stereocenters. The van der Waals surface area contributed by atoms with Gasteiger partial charge in [0.2, 0.25) is 0 Å². The molecule has 0 saturated heterocycles. The van der Waals surface area contributed by atoms with Crippen molar-refractivity contribution in [2.45, 2.75) is 122 Å². The summed E-state index contributed by atoms with van der Waals surface area (Å²) in [4.78, 5) is 0. The van der Waals surface area contributed by atoms with Gasteiger partial charge in [0, 0.05) is 8.80 Å². The maximum Gasteiger partial charge on any atom is 3.00 e. The van der Waals surface area contributed by atoms with Crippen LogP contribution in [0, 0.1) is 0 Å². The van der Waals surface area contributed by atoms with E-state index in [2.05, 4.69) is 46.9 Å². The normalized spacial score (nSPS) is 26.2. The molecule has 0 N–H and O–H groups in total. The summed E-state index contributed by atoms with van der Waals surface area (Å²) in [6.45, 7) is 14.3. The van der Waals surface area contributed by atoms with Gasteiger partial charge in [-0.05, 0) is 20.8 Å². The molecule has 0 amide bonds. The second kappa shape index (κ2) is 14.1. The number of allylic oxidation sites excluding steroid dienone is 2. The molecule has 2 aliphatic rings. The van der Waals surface area contributed by atoms with Crippen LogP contribution in [0.5, 0.6) is 0 Å². The van der Waals surface area contributed by atoms with Crippen molar-refractivity contribution in [3.05, 3.63) is 28.1 Å². The summed E-state index contributed by atoms with van der Waals surface area (Å²) >= 11 is 0. The van der Waals surface area contributed by atoms with Crippen LogP contribution in [0.2, 0.25) is 13.1 Å². The van der Waals surface area contributed by atoms with Crippen molar-refractivity contribution in [1.29, 1.82) is 0 Å². The molecule has 2 aliphatic carbocycles. The quantitative estimate of drug-likeness (QED) is 0.545. The van der Waals surface area contributed by atoms with Crippen LogP contribution in [0.4, 0.5) is 0 Å². The molecule has 1 radical (unpaired) electrons. The summed E-state index contributed by atoms with van der Waals surface area (Å²) in [6, 6.07) is 0. The van der Waals surface area contributed by atoms with E-state index in [1.807, 2.05) is 0 Å². The van der Waals surface area contributed by atoms with Crippen molar-refractivity contribution in [2.24, 2.45) is 0 Å². The Balaban J connectivity index is 0. The first-order valence-corrected chi connectivity index (χ1v) is 13.8. The Bertz CT molecular complexity index is 507. The van der Waals surface area contributed by atoms with Gasteiger partial charge in [-0.2, -0.15) is 0 Å². The minimum atomic E-state index is -0.884. The molecule has 161 valence electrons. The molecule has 1 nitrogen and oxygen atoms in total. The average molecular weight is 479 g/mol. The molecule has 28 heavy (non-hydrogen) atoms. The minimum Gasteiger partial charge on any atom is -1.00 e. The first-order valence-electron chi connectivity index (χ1n) is 10.9. The molecule has 0 heterocycles. The van der Waals surface area contributed by atoms with Gasteiger partial charge in [0.05, 0.1) is 0 Å². The molecule has 0 aromatic rings. The van der Waals surface area contributed by atoms with Gasteiger partial charge in [0.1, 0.15) is 0 Å². The third-order valence-electron chi connectivity index (χ3n) is 7.16. The molecular formula is C23H42Cl2NSiTi. The van der Waals surface area contributed by atoms with E-state index in [1.54, 1.807) is 0 Å². The van der Waals surface area contributed by atoms with E-state index < -0.39 is 8.80 Å². The van der Waals surface area contributed by atoms with Crippen LogP contribution in [-0.4, -0.2) is 19.5 Å². The molecular weight excluding hydrogens is 437 g/mol. The first-order chi connectivity index (χ1) is 11.8. The molecule has 0 aromatic heterocycles. The smallest absolute Gasteiger partial charge is 1.00 e. The predicted octanol–water partition coefficient (Wildman–Crippen LogP) is 1.49. The molecule has 0 aliphatic heterocycles. The van der Waals surface area contributed by atoms with E-state index in [0.717, 1.165) is 0 Å². The van der Waals surface area contributed by atoms with Gasteiger partial charge in [-0.25, -0.2) is 0 Å². The molecule has 1 unspecified atom stereocenters. The Morgan fingerprint density at radius 2 is 1.18 bits per heavy atom. The van der Waals surface area contributed by atoms with E-state index in [0.29, 0.717) is 0 Å². The summed E-state index contributed by atoms with van der Waals surface area (Å²) in [5, 5.41) is 6.02. The van der Waals surface area contributed by atoms with Gasteiger partial charge in [-0.1, -0.05) is 119 Å². The van der Waals surface area contributed by atoms with Gasteiger partial charge in [-0.3, -0.25) is 0 Å². The molecule has 2 rings (SSSR count). The van der Waals surface area contributed by atoms with Crippen LogP contribution >= 0.6 is 0 Å². The van der Waals surface area contributed by atoms with Crippen molar-refractivity contribution in [2.75, 3.05) is 0 Å². The molecule has 0 aromatic carbocycles. The Hall–Kier alpha value is 0.951. The Kier molecular flexibility index (Phi) is 15.7. The Morgan fingerprint density at radius 1 is 0.786 bits per heavy atom. The van der Waals surface area contributed by atoms with Crippen molar-refractivity contribution < 1.29 is 46.5 Å². The number of nitrogens with zero attached hydrogens (tertiary/aromatic N) is 1. The number of rotatable bonds is 3. The van der Waals surface area contributed by atoms with Gasteiger partial charge >= 0.3 is 21.7 Å². The van der Waals surface area contributed by atoms with Crippen LogP contribution in [-0.2, 0) is 21.7 Å². The third kappa shape index (κ3) is 7.89. The van der Waals surface area contributed by atoms with Crippen LogP contribution < -0.4 is 24.8 Å². The Labute approximate surface area is 204 Å². The summed E-state index contributed by atoms with van der Waals surface area (Å²) in [6.07, 6.45) is 17.9. The SMILES string of the molecule is CC1=CC(C)([N-]C2([SiH](C)C)CCCCCCCCCCC2)C(C)=C1C.[Cl-].[Cl-].[Ti+3]. The van der Waals surface area contributed by atoms with Crippen LogP contribution in [0.25, 0.3) is 5.32 Å². The molecule has 5 heteroatoms. The zero-order valence-electron chi connectivity index (χ0n) is 19.1. The van der Waals surface area contributed by atoms with E-state index in [-0.39, 0.29) is 57.2 Å². The van der Waals surface area contributed by atoms with Gasteiger partial charge in [0.25, 0.3) is 0 Å². The third-order valence-corrected chi connectivity index (χ3v) is 10.0. The Morgan fingerprint density at radius 3 is 1.50 bits per heavy atom. The van der Waals surface area contributed by atoms with Gasteiger partial charge in [0.15, 0.2) is 0 Å². The van der Waals surface area contributed by atoms with Gasteiger partial charge in [-0.15, -0.1) is 5.16 Å². The molecule has 0 bridgehead atoms. The van der Waals surface area contributed by atoms with E-state index in [4.69, 9.17) is 5.32 Å². The van der Waals surface area contributed by atoms with Crippen molar-refractivity contribution in [1.82, 2.24) is 0 Å². The van der Waals surface area contributed by atoms with Crippen molar-refractivity contribution in [3.63, 3.8) is 0 Å². The van der Waals surface area contributed by atoms with E-state index >= 15 is 0 Å². The maximum absolute atomic E-state index is 5.74. The minimum absolute atomic E-state index is 0. The van der Waals surface area contributed by atoms with Crippen LogP contribution in [0.1, 0.15) is 98.3 Å². The zero-order chi connectivity index (χ0) is 18.5. The first kappa shape index (κ1) is 31.1. The van der Waals surface area contributed by atoms with Crippen molar-refractivity contribution in [3.8, 4) is 0 Å². The number of halogens is 2. The molecule has 0 spiro atoms. The van der Waals surface area contributed by atoms with Crippen molar-refractivity contribution >= 4 is 8.80 Å². The van der Waals surface area contributed by atoms with Gasteiger partial charge < -0.3 is 30.1 Å². The topological polar surface area (TPSA) is 14.1 Å². The number of hydrogen-bond donors (Lipinski definition) is 0. The van der Waals surface area contributed by atoms with E-state index in [9.17, 15) is 0 Å². The fraction of sp³-hybridized carbons (Fsp3) is 0.826. The van der Waals surface area contributed by atoms with Crippen LogP contribution in [0.3, 0.4) is 0 Å². The zero-order valence-corrected chi connectivity index (χ0v) is 23.4. The standard InChI is InChI=1S/C23H42NSi.2ClH.Ti/c1-19-18-22(4,21(3)20(19)2)24-23(25(5)6)16-14-12-10-8-7-9-11-13-15-17-23;;;/h18,25H,7-17H2,1-6H3;2*1H;/q-1;;;+3/p-2. The monoisotopic (exact) mass is 478 g/mol. The summed E-state index contributed by atoms with van der Waals surface area (Å²) in [5.74, 6) is 0. The number of hydrogen-bond acceptors (Lipinski definition) is 0. The molecule has 1 saturated carbocycles.